The normalized spacial score (nSPS) is 9.60. The van der Waals surface area contributed by atoms with E-state index in [1.165, 1.54) is 0 Å². The van der Waals surface area contributed by atoms with Crippen molar-refractivity contribution in [1.82, 2.24) is 15.0 Å². The minimum atomic E-state index is 0.164. The van der Waals surface area contributed by atoms with Gasteiger partial charge in [0.1, 0.15) is 11.8 Å². The van der Waals surface area contributed by atoms with Gasteiger partial charge >= 0.3 is 0 Å². The SMILES string of the molecule is N#Cc1cccc(-c2ccnc(Cl)n2)n1. The van der Waals surface area contributed by atoms with Crippen LogP contribution in [0, 0.1) is 11.3 Å². The van der Waals surface area contributed by atoms with E-state index in [9.17, 15) is 0 Å². The van der Waals surface area contributed by atoms with Crippen molar-refractivity contribution in [2.75, 3.05) is 0 Å². The average molecular weight is 217 g/mol. The van der Waals surface area contributed by atoms with Gasteiger partial charge in [-0.05, 0) is 29.8 Å². The molecule has 0 N–H and O–H groups in total. The topological polar surface area (TPSA) is 62.5 Å². The fraction of sp³-hybridized carbons (Fsp3) is 0. The van der Waals surface area contributed by atoms with Gasteiger partial charge in [0.25, 0.3) is 0 Å². The highest BCUT2D eigenvalue weighted by Crippen LogP contribution is 2.15. The molecule has 0 aromatic carbocycles. The van der Waals surface area contributed by atoms with Crippen LogP contribution < -0.4 is 0 Å². The molecule has 0 spiro atoms. The zero-order valence-electron chi connectivity index (χ0n) is 7.55. The molecule has 0 unspecified atom stereocenters. The number of halogens is 1. The number of hydrogen-bond acceptors (Lipinski definition) is 4. The van der Waals surface area contributed by atoms with Gasteiger partial charge in [-0.2, -0.15) is 5.26 Å². The summed E-state index contributed by atoms with van der Waals surface area (Å²) >= 11 is 5.65. The first-order chi connectivity index (χ1) is 7.29. The molecule has 2 heterocycles. The third-order valence-electron chi connectivity index (χ3n) is 1.75. The van der Waals surface area contributed by atoms with E-state index >= 15 is 0 Å². The lowest BCUT2D eigenvalue weighted by Gasteiger charge is -1.99. The summed E-state index contributed by atoms with van der Waals surface area (Å²) in [7, 11) is 0. The average Bonchev–Trinajstić information content (AvgIpc) is 2.29. The molecular weight excluding hydrogens is 212 g/mol. The first-order valence-corrected chi connectivity index (χ1v) is 4.53. The largest absolute Gasteiger partial charge is 0.235 e. The summed E-state index contributed by atoms with van der Waals surface area (Å²) in [6, 6.07) is 8.80. The molecule has 2 rings (SSSR count). The van der Waals surface area contributed by atoms with Crippen LogP contribution in [0.3, 0.4) is 0 Å². The van der Waals surface area contributed by atoms with E-state index in [1.807, 2.05) is 6.07 Å². The van der Waals surface area contributed by atoms with E-state index in [0.717, 1.165) is 0 Å². The molecule has 4 nitrogen and oxygen atoms in total. The van der Waals surface area contributed by atoms with Gasteiger partial charge in [-0.25, -0.2) is 15.0 Å². The van der Waals surface area contributed by atoms with E-state index in [1.54, 1.807) is 30.5 Å². The van der Waals surface area contributed by atoms with Crippen LogP contribution in [0.1, 0.15) is 5.69 Å². The molecule has 0 aliphatic carbocycles. The third kappa shape index (κ3) is 2.09. The standard InChI is InChI=1S/C10H5ClN4/c11-10-13-5-4-9(15-10)8-3-1-2-7(6-12)14-8/h1-5H. The lowest BCUT2D eigenvalue weighted by molar-refractivity contribution is 1.15. The van der Waals surface area contributed by atoms with Gasteiger partial charge in [-0.15, -0.1) is 0 Å². The summed E-state index contributed by atoms with van der Waals surface area (Å²) in [5.74, 6) is 0. The highest BCUT2D eigenvalue weighted by Gasteiger charge is 2.02. The number of hydrogen-bond donors (Lipinski definition) is 0. The maximum atomic E-state index is 8.69. The van der Waals surface area contributed by atoms with Gasteiger partial charge in [0.05, 0.1) is 11.4 Å². The van der Waals surface area contributed by atoms with Crippen molar-refractivity contribution < 1.29 is 0 Å². The van der Waals surface area contributed by atoms with Gasteiger partial charge in [0.15, 0.2) is 0 Å². The molecule has 0 bridgehead atoms. The van der Waals surface area contributed by atoms with Crippen LogP contribution in [0.25, 0.3) is 11.4 Å². The molecule has 2 aromatic rings. The maximum Gasteiger partial charge on any atom is 0.222 e. The Labute approximate surface area is 91.2 Å². The monoisotopic (exact) mass is 216 g/mol. The smallest absolute Gasteiger partial charge is 0.222 e. The van der Waals surface area contributed by atoms with Crippen LogP contribution in [0.15, 0.2) is 30.5 Å². The van der Waals surface area contributed by atoms with E-state index in [2.05, 4.69) is 15.0 Å². The molecule has 0 fully saturated rings. The third-order valence-corrected chi connectivity index (χ3v) is 1.93. The minimum Gasteiger partial charge on any atom is -0.235 e. The first kappa shape index (κ1) is 9.56. The van der Waals surface area contributed by atoms with E-state index in [4.69, 9.17) is 16.9 Å². The Hall–Kier alpha value is -1.99. The van der Waals surface area contributed by atoms with Crippen LogP contribution in [0.5, 0.6) is 0 Å². The Balaban J connectivity index is 2.50. The molecule has 0 atom stereocenters. The number of aromatic nitrogens is 3. The Morgan fingerprint density at radius 2 is 1.93 bits per heavy atom. The molecular formula is C10H5ClN4. The molecule has 15 heavy (non-hydrogen) atoms. The molecule has 5 heteroatoms. The molecule has 2 aromatic heterocycles. The predicted molar refractivity (Wildman–Crippen MR) is 55.0 cm³/mol. The summed E-state index contributed by atoms with van der Waals surface area (Å²) in [4.78, 5) is 11.9. The molecule has 0 saturated heterocycles. The minimum absolute atomic E-state index is 0.164. The van der Waals surface area contributed by atoms with Crippen molar-refractivity contribution >= 4 is 11.6 Å². The second kappa shape index (κ2) is 4.03. The van der Waals surface area contributed by atoms with Crippen molar-refractivity contribution in [3.63, 3.8) is 0 Å². The zero-order valence-corrected chi connectivity index (χ0v) is 8.31. The molecule has 0 aliphatic heterocycles. The molecule has 0 aliphatic rings. The van der Waals surface area contributed by atoms with Crippen molar-refractivity contribution in [2.45, 2.75) is 0 Å². The fourth-order valence-electron chi connectivity index (χ4n) is 1.12. The molecule has 0 saturated carbocycles. The van der Waals surface area contributed by atoms with E-state index in [-0.39, 0.29) is 5.28 Å². The van der Waals surface area contributed by atoms with Gasteiger partial charge in [-0.1, -0.05) is 6.07 Å². The van der Waals surface area contributed by atoms with Crippen LogP contribution in [-0.2, 0) is 0 Å². The zero-order chi connectivity index (χ0) is 10.7. The number of rotatable bonds is 1. The molecule has 72 valence electrons. The second-order valence-electron chi connectivity index (χ2n) is 2.73. The van der Waals surface area contributed by atoms with Crippen LogP contribution in [-0.4, -0.2) is 15.0 Å². The van der Waals surface area contributed by atoms with Crippen molar-refractivity contribution in [3.8, 4) is 17.5 Å². The Morgan fingerprint density at radius 3 is 2.67 bits per heavy atom. The summed E-state index contributed by atoms with van der Waals surface area (Å²) in [5.41, 5.74) is 1.56. The van der Waals surface area contributed by atoms with Crippen LogP contribution in [0.2, 0.25) is 5.28 Å². The lowest BCUT2D eigenvalue weighted by atomic mass is 10.2. The van der Waals surface area contributed by atoms with Crippen LogP contribution in [0.4, 0.5) is 0 Å². The van der Waals surface area contributed by atoms with E-state index in [0.29, 0.717) is 17.1 Å². The van der Waals surface area contributed by atoms with Crippen molar-refractivity contribution in [1.29, 1.82) is 5.26 Å². The highest BCUT2D eigenvalue weighted by atomic mass is 35.5. The van der Waals surface area contributed by atoms with Gasteiger partial charge < -0.3 is 0 Å². The quantitative estimate of drug-likeness (QED) is 0.685. The van der Waals surface area contributed by atoms with Gasteiger partial charge in [-0.3, -0.25) is 0 Å². The Kier molecular flexibility index (Phi) is 2.57. The van der Waals surface area contributed by atoms with Gasteiger partial charge in [0, 0.05) is 6.20 Å². The molecule has 0 radical (unpaired) electrons. The number of nitriles is 1. The number of nitrogens with zero attached hydrogens (tertiary/aromatic N) is 4. The first-order valence-electron chi connectivity index (χ1n) is 4.15. The highest BCUT2D eigenvalue weighted by molar-refractivity contribution is 6.28. The lowest BCUT2D eigenvalue weighted by Crippen LogP contribution is -1.91. The Morgan fingerprint density at radius 1 is 1.13 bits per heavy atom. The summed E-state index contributed by atoms with van der Waals surface area (Å²) in [6.45, 7) is 0. The maximum absolute atomic E-state index is 8.69. The Bertz CT molecular complexity index is 533. The van der Waals surface area contributed by atoms with Crippen molar-refractivity contribution in [3.05, 3.63) is 41.4 Å². The fourth-order valence-corrected chi connectivity index (χ4v) is 1.26. The van der Waals surface area contributed by atoms with Gasteiger partial charge in [0.2, 0.25) is 5.28 Å². The van der Waals surface area contributed by atoms with E-state index < -0.39 is 0 Å². The second-order valence-corrected chi connectivity index (χ2v) is 3.07. The summed E-state index contributed by atoms with van der Waals surface area (Å²) in [6.07, 6.45) is 1.55. The van der Waals surface area contributed by atoms with Crippen LogP contribution >= 0.6 is 11.6 Å². The summed E-state index contributed by atoms with van der Waals surface area (Å²) in [5, 5.41) is 8.86. The molecule has 0 amide bonds. The number of pyridine rings is 1. The van der Waals surface area contributed by atoms with Crippen molar-refractivity contribution in [2.24, 2.45) is 0 Å². The predicted octanol–water partition coefficient (Wildman–Crippen LogP) is 2.06. The summed E-state index contributed by atoms with van der Waals surface area (Å²) < 4.78 is 0.